The molecule has 13 atom stereocenters. The number of carbonyl (C=O) groups is 1. The molecule has 1 heterocycles. The Kier molecular flexibility index (Phi) is 5.34. The zero-order valence-corrected chi connectivity index (χ0v) is 21.5. The Morgan fingerprint density at radius 1 is 1.17 bits per heavy atom. The van der Waals surface area contributed by atoms with Gasteiger partial charge in [0.15, 0.2) is 0 Å². The van der Waals surface area contributed by atoms with Gasteiger partial charge in [-0.1, -0.05) is 6.92 Å². The highest BCUT2D eigenvalue weighted by Gasteiger charge is 2.91. The number of methoxy groups -OCH3 is 3. The standard InChI is InChI=1S/C26H41NO8/c1-6-27-11-23(12-32-3)8-7-17(29)25-15-9-14-16(33-4)10-24(30,18(15)19(14)35-13(2)28)26(31,22(25)27)21(34-5)20(23)25/h14-22,29-31H,6-12H2,1-5H3/t14-,15-,16+,17+,18-,19+,20-,21+,22+,23+,24-,25+,26+/m1/s1. The smallest absolute Gasteiger partial charge is 0.302 e. The van der Waals surface area contributed by atoms with E-state index in [1.807, 2.05) is 0 Å². The predicted molar refractivity (Wildman–Crippen MR) is 123 cm³/mol. The van der Waals surface area contributed by atoms with Gasteiger partial charge in [0.2, 0.25) is 0 Å². The lowest BCUT2D eigenvalue weighted by molar-refractivity contribution is -0.318. The zero-order valence-electron chi connectivity index (χ0n) is 21.5. The van der Waals surface area contributed by atoms with E-state index < -0.39 is 52.9 Å². The molecule has 9 nitrogen and oxygen atoms in total. The number of aliphatic hydroxyl groups excluding tert-OH is 1. The SMILES string of the molecule is CCN1C[C@]2(COC)CC[C@H](O)[C@@]34[C@@H]5C[C@H]6[C@H](OC(C)=O)[C@@H]5[C@](O)(C[C@@H]6OC)[C@](O)([C@@H](OC)[C@H]23)[C@@H]14. The van der Waals surface area contributed by atoms with E-state index in [1.54, 1.807) is 21.3 Å². The Morgan fingerprint density at radius 3 is 2.51 bits per heavy atom. The number of aliphatic hydroxyl groups is 3. The minimum absolute atomic E-state index is 0.0979. The third kappa shape index (κ3) is 2.48. The maximum Gasteiger partial charge on any atom is 0.302 e. The van der Waals surface area contributed by atoms with Gasteiger partial charge in [0.05, 0.1) is 31.0 Å². The molecule has 0 aromatic heterocycles. The molecule has 1 spiro atoms. The van der Waals surface area contributed by atoms with Gasteiger partial charge in [-0.15, -0.1) is 0 Å². The molecule has 6 aliphatic rings. The largest absolute Gasteiger partial charge is 0.462 e. The summed E-state index contributed by atoms with van der Waals surface area (Å²) >= 11 is 0. The first-order chi connectivity index (χ1) is 16.6. The van der Waals surface area contributed by atoms with Gasteiger partial charge in [-0.25, -0.2) is 0 Å². The molecule has 0 amide bonds. The van der Waals surface area contributed by atoms with Crippen LogP contribution in [0.1, 0.15) is 39.5 Å². The summed E-state index contributed by atoms with van der Waals surface area (Å²) in [5, 5.41) is 37.7. The second-order valence-electron chi connectivity index (χ2n) is 12.3. The molecule has 0 aromatic carbocycles. The molecular weight excluding hydrogens is 454 g/mol. The molecule has 35 heavy (non-hydrogen) atoms. The number of likely N-dealkylation sites (N-methyl/N-ethyl adjacent to an activating group) is 1. The molecule has 6 rings (SSSR count). The molecule has 0 aromatic rings. The van der Waals surface area contributed by atoms with Crippen molar-refractivity contribution in [3.05, 3.63) is 0 Å². The summed E-state index contributed by atoms with van der Waals surface area (Å²) in [7, 11) is 4.93. The Labute approximate surface area is 207 Å². The average molecular weight is 496 g/mol. The van der Waals surface area contributed by atoms with Crippen LogP contribution in [0.2, 0.25) is 0 Å². The molecule has 0 radical (unpaired) electrons. The number of nitrogens with zero attached hydrogens (tertiary/aromatic N) is 1. The molecule has 6 fully saturated rings. The first kappa shape index (κ1) is 24.5. The van der Waals surface area contributed by atoms with Crippen molar-refractivity contribution >= 4 is 5.97 Å². The monoisotopic (exact) mass is 495 g/mol. The van der Waals surface area contributed by atoms with Crippen molar-refractivity contribution in [2.75, 3.05) is 41.0 Å². The van der Waals surface area contributed by atoms with Gasteiger partial charge >= 0.3 is 5.97 Å². The highest BCUT2D eigenvalue weighted by atomic mass is 16.6. The van der Waals surface area contributed by atoms with E-state index in [0.717, 1.165) is 13.0 Å². The number of piperidine rings is 1. The molecule has 1 aliphatic heterocycles. The van der Waals surface area contributed by atoms with Gasteiger partial charge in [-0.2, -0.15) is 0 Å². The zero-order chi connectivity index (χ0) is 25.1. The number of hydrogen-bond donors (Lipinski definition) is 3. The highest BCUT2D eigenvalue weighted by molar-refractivity contribution is 5.66. The molecule has 5 aliphatic carbocycles. The van der Waals surface area contributed by atoms with Crippen molar-refractivity contribution in [3.8, 4) is 0 Å². The van der Waals surface area contributed by atoms with Crippen LogP contribution in [-0.4, -0.2) is 109 Å². The topological polar surface area (TPSA) is 118 Å². The van der Waals surface area contributed by atoms with Crippen LogP contribution in [0.3, 0.4) is 0 Å². The van der Waals surface area contributed by atoms with Crippen molar-refractivity contribution in [1.82, 2.24) is 4.90 Å². The number of esters is 1. The quantitative estimate of drug-likeness (QED) is 0.444. The summed E-state index contributed by atoms with van der Waals surface area (Å²) in [6.07, 6.45) is -0.0360. The van der Waals surface area contributed by atoms with Gasteiger partial charge in [0.25, 0.3) is 0 Å². The lowest BCUT2D eigenvalue weighted by Crippen LogP contribution is -2.82. The highest BCUT2D eigenvalue weighted by Crippen LogP contribution is 2.80. The molecular formula is C26H41NO8. The lowest BCUT2D eigenvalue weighted by atomic mass is 9.42. The predicted octanol–water partition coefficient (Wildman–Crippen LogP) is 0.188. The average Bonchev–Trinajstić information content (AvgIpc) is 3.21. The van der Waals surface area contributed by atoms with Crippen LogP contribution in [0.4, 0.5) is 0 Å². The number of ether oxygens (including phenoxy) is 4. The van der Waals surface area contributed by atoms with E-state index in [9.17, 15) is 20.1 Å². The van der Waals surface area contributed by atoms with Crippen LogP contribution in [0.15, 0.2) is 0 Å². The van der Waals surface area contributed by atoms with Crippen LogP contribution >= 0.6 is 0 Å². The lowest BCUT2D eigenvalue weighted by Gasteiger charge is -2.69. The second kappa shape index (κ2) is 7.62. The maximum atomic E-state index is 13.0. The number of likely N-dealkylation sites (tertiary alicyclic amines) is 1. The first-order valence-electron chi connectivity index (χ1n) is 13.2. The van der Waals surface area contributed by atoms with Crippen molar-refractivity contribution in [2.45, 2.75) is 81.2 Å². The fourth-order valence-corrected chi connectivity index (χ4v) is 11.0. The Bertz CT molecular complexity index is 903. The van der Waals surface area contributed by atoms with Crippen molar-refractivity contribution < 1.29 is 39.1 Å². The summed E-state index contributed by atoms with van der Waals surface area (Å²) < 4.78 is 23.8. The third-order valence-corrected chi connectivity index (χ3v) is 11.5. The van der Waals surface area contributed by atoms with Crippen molar-refractivity contribution in [2.24, 2.45) is 34.5 Å². The molecule has 0 unspecified atom stereocenters. The first-order valence-corrected chi connectivity index (χ1v) is 13.2. The molecule has 198 valence electrons. The number of carbonyl (C=O) groups excluding carboxylic acids is 1. The number of fused-ring (bicyclic) bond motifs is 2. The van der Waals surface area contributed by atoms with Crippen LogP contribution in [0.5, 0.6) is 0 Å². The van der Waals surface area contributed by atoms with Gasteiger partial charge in [-0.05, 0) is 31.7 Å². The van der Waals surface area contributed by atoms with Crippen LogP contribution in [-0.2, 0) is 23.7 Å². The summed E-state index contributed by atoms with van der Waals surface area (Å²) in [5.41, 5.74) is -4.31. The summed E-state index contributed by atoms with van der Waals surface area (Å²) in [6.45, 7) is 5.36. The molecule has 7 bridgehead atoms. The Balaban J connectivity index is 1.65. The van der Waals surface area contributed by atoms with Gasteiger partial charge < -0.3 is 34.3 Å². The van der Waals surface area contributed by atoms with E-state index in [4.69, 9.17) is 18.9 Å². The molecule has 3 N–H and O–H groups in total. The Morgan fingerprint density at radius 2 is 1.91 bits per heavy atom. The summed E-state index contributed by atoms with van der Waals surface area (Å²) in [4.78, 5) is 14.5. The van der Waals surface area contributed by atoms with E-state index in [1.165, 1.54) is 6.92 Å². The second-order valence-corrected chi connectivity index (χ2v) is 12.3. The summed E-state index contributed by atoms with van der Waals surface area (Å²) in [5.74, 6) is -1.35. The Hall–Kier alpha value is -0.810. The van der Waals surface area contributed by atoms with Crippen molar-refractivity contribution in [1.29, 1.82) is 0 Å². The molecule has 9 heteroatoms. The number of rotatable bonds is 6. The van der Waals surface area contributed by atoms with Gasteiger partial charge in [0.1, 0.15) is 17.3 Å². The fourth-order valence-electron chi connectivity index (χ4n) is 11.0. The van der Waals surface area contributed by atoms with E-state index in [0.29, 0.717) is 26.0 Å². The third-order valence-electron chi connectivity index (χ3n) is 11.5. The van der Waals surface area contributed by atoms with E-state index >= 15 is 0 Å². The van der Waals surface area contributed by atoms with Crippen molar-refractivity contribution in [3.63, 3.8) is 0 Å². The minimum atomic E-state index is -1.67. The van der Waals surface area contributed by atoms with E-state index in [2.05, 4.69) is 11.8 Å². The summed E-state index contributed by atoms with van der Waals surface area (Å²) in [6, 6.07) is -0.478. The molecule has 1 saturated heterocycles. The minimum Gasteiger partial charge on any atom is -0.462 e. The molecule has 5 saturated carbocycles. The van der Waals surface area contributed by atoms with Gasteiger partial charge in [-0.3, -0.25) is 9.69 Å². The van der Waals surface area contributed by atoms with E-state index in [-0.39, 0.29) is 35.7 Å². The van der Waals surface area contributed by atoms with Crippen LogP contribution in [0, 0.1) is 34.5 Å². The van der Waals surface area contributed by atoms with Crippen LogP contribution in [0.25, 0.3) is 0 Å². The number of hydrogen-bond acceptors (Lipinski definition) is 9. The van der Waals surface area contributed by atoms with Gasteiger partial charge in [0, 0.05) is 69.8 Å². The fraction of sp³-hybridized carbons (Fsp3) is 0.962. The normalized spacial score (nSPS) is 57.9. The maximum absolute atomic E-state index is 13.0. The van der Waals surface area contributed by atoms with Crippen LogP contribution < -0.4 is 0 Å².